The third-order valence-electron chi connectivity index (χ3n) is 3.16. The van der Waals surface area contributed by atoms with E-state index in [2.05, 4.69) is 4.72 Å². The van der Waals surface area contributed by atoms with Crippen LogP contribution in [0.3, 0.4) is 0 Å². The lowest BCUT2D eigenvalue weighted by atomic mass is 10.2. The first-order valence-corrected chi connectivity index (χ1v) is 8.46. The quantitative estimate of drug-likeness (QED) is 0.569. The van der Waals surface area contributed by atoms with Crippen LogP contribution in [0.5, 0.6) is 0 Å². The van der Waals surface area contributed by atoms with Crippen molar-refractivity contribution in [1.82, 2.24) is 0 Å². The molecule has 0 aromatic heterocycles. The van der Waals surface area contributed by atoms with Gasteiger partial charge in [0.25, 0.3) is 21.4 Å². The molecule has 2 rings (SSSR count). The SMILES string of the molecule is NCc1ccc(NS(=O)(=O)c2ccc([N+](=O)[O-])cc2[N+](=O)[O-])cc1Cl. The normalized spacial score (nSPS) is 11.1. The number of hydrogen-bond acceptors (Lipinski definition) is 7. The van der Waals surface area contributed by atoms with Crippen molar-refractivity contribution >= 4 is 38.7 Å². The number of benzene rings is 2. The predicted octanol–water partition coefficient (Wildman–Crippen LogP) is 2.42. The minimum absolute atomic E-state index is 0.0647. The van der Waals surface area contributed by atoms with Gasteiger partial charge in [-0.1, -0.05) is 17.7 Å². The van der Waals surface area contributed by atoms with Crippen molar-refractivity contribution in [1.29, 1.82) is 0 Å². The Morgan fingerprint density at radius 2 is 1.76 bits per heavy atom. The maximum Gasteiger partial charge on any atom is 0.296 e. The Balaban J connectivity index is 2.47. The molecule has 2 aromatic rings. The van der Waals surface area contributed by atoms with E-state index in [9.17, 15) is 28.6 Å². The Kier molecular flexibility index (Phi) is 5.21. The summed E-state index contributed by atoms with van der Waals surface area (Å²) in [5, 5.41) is 22.0. The summed E-state index contributed by atoms with van der Waals surface area (Å²) in [6, 6.07) is 6.45. The van der Waals surface area contributed by atoms with Crippen LogP contribution in [0.4, 0.5) is 17.1 Å². The third-order valence-corrected chi connectivity index (χ3v) is 4.95. The summed E-state index contributed by atoms with van der Waals surface area (Å²) in [4.78, 5) is 19.2. The molecule has 0 amide bonds. The van der Waals surface area contributed by atoms with Crippen LogP contribution in [0.15, 0.2) is 41.3 Å². The van der Waals surface area contributed by atoms with E-state index in [1.54, 1.807) is 0 Å². The second-order valence-corrected chi connectivity index (χ2v) is 6.84. The number of anilines is 1. The van der Waals surface area contributed by atoms with E-state index in [-0.39, 0.29) is 17.3 Å². The summed E-state index contributed by atoms with van der Waals surface area (Å²) < 4.78 is 27.0. The topological polar surface area (TPSA) is 158 Å². The molecule has 0 aliphatic rings. The molecular formula is C13H11ClN4O6S. The van der Waals surface area contributed by atoms with Crippen molar-refractivity contribution in [2.24, 2.45) is 5.73 Å². The van der Waals surface area contributed by atoms with E-state index < -0.39 is 36.1 Å². The molecule has 0 bridgehead atoms. The molecule has 132 valence electrons. The van der Waals surface area contributed by atoms with Gasteiger partial charge in [0, 0.05) is 17.6 Å². The summed E-state index contributed by atoms with van der Waals surface area (Å²) in [5.41, 5.74) is 4.60. The van der Waals surface area contributed by atoms with Crippen molar-refractivity contribution in [3.05, 3.63) is 67.2 Å². The Hall–Kier alpha value is -2.76. The zero-order chi connectivity index (χ0) is 18.8. The van der Waals surface area contributed by atoms with Gasteiger partial charge >= 0.3 is 0 Å². The zero-order valence-electron chi connectivity index (χ0n) is 12.4. The smallest absolute Gasteiger partial charge is 0.296 e. The Labute approximate surface area is 146 Å². The number of nitro benzene ring substituents is 2. The number of non-ortho nitro benzene ring substituents is 1. The van der Waals surface area contributed by atoms with Crippen LogP contribution < -0.4 is 10.5 Å². The number of nitro groups is 2. The van der Waals surface area contributed by atoms with Gasteiger partial charge in [0.1, 0.15) is 0 Å². The maximum absolute atomic E-state index is 12.4. The molecule has 0 heterocycles. The number of sulfonamides is 1. The molecule has 0 saturated carbocycles. The number of hydrogen-bond donors (Lipinski definition) is 2. The Morgan fingerprint density at radius 1 is 1.08 bits per heavy atom. The lowest BCUT2D eigenvalue weighted by Gasteiger charge is -2.10. The van der Waals surface area contributed by atoms with E-state index in [1.165, 1.54) is 18.2 Å². The highest BCUT2D eigenvalue weighted by molar-refractivity contribution is 7.92. The van der Waals surface area contributed by atoms with Crippen molar-refractivity contribution < 1.29 is 18.3 Å². The van der Waals surface area contributed by atoms with Crippen LogP contribution in [0, 0.1) is 20.2 Å². The maximum atomic E-state index is 12.4. The van der Waals surface area contributed by atoms with E-state index >= 15 is 0 Å². The predicted molar refractivity (Wildman–Crippen MR) is 89.9 cm³/mol. The van der Waals surface area contributed by atoms with Gasteiger partial charge < -0.3 is 5.73 Å². The van der Waals surface area contributed by atoms with Crippen molar-refractivity contribution in [3.63, 3.8) is 0 Å². The number of nitrogens with one attached hydrogen (secondary N) is 1. The number of rotatable bonds is 6. The Bertz CT molecular complexity index is 963. The molecular weight excluding hydrogens is 376 g/mol. The van der Waals surface area contributed by atoms with Crippen LogP contribution in [-0.4, -0.2) is 18.3 Å². The molecule has 0 aliphatic heterocycles. The van der Waals surface area contributed by atoms with E-state index in [0.717, 1.165) is 12.1 Å². The van der Waals surface area contributed by atoms with Crippen LogP contribution in [0.25, 0.3) is 0 Å². The fourth-order valence-electron chi connectivity index (χ4n) is 1.98. The first-order chi connectivity index (χ1) is 11.7. The first-order valence-electron chi connectivity index (χ1n) is 6.60. The second kappa shape index (κ2) is 7.01. The van der Waals surface area contributed by atoms with Gasteiger partial charge in [0.05, 0.1) is 21.6 Å². The molecule has 0 atom stereocenters. The van der Waals surface area contributed by atoms with Gasteiger partial charge in [0.15, 0.2) is 4.90 Å². The van der Waals surface area contributed by atoms with Crippen molar-refractivity contribution in [2.75, 3.05) is 4.72 Å². The average molecular weight is 387 g/mol. The highest BCUT2D eigenvalue weighted by Gasteiger charge is 2.28. The standard InChI is InChI=1S/C13H11ClN4O6S/c14-11-5-9(2-1-8(11)7-15)16-25(23,24)13-4-3-10(17(19)20)6-12(13)18(21)22/h1-6,16H,7,15H2. The molecule has 3 N–H and O–H groups in total. The average Bonchev–Trinajstić information content (AvgIpc) is 2.54. The Morgan fingerprint density at radius 3 is 2.28 bits per heavy atom. The molecule has 0 radical (unpaired) electrons. The first kappa shape index (κ1) is 18.6. The summed E-state index contributed by atoms with van der Waals surface area (Å²) in [7, 11) is -4.37. The molecule has 25 heavy (non-hydrogen) atoms. The molecule has 0 unspecified atom stereocenters. The van der Waals surface area contributed by atoms with Gasteiger partial charge in [-0.2, -0.15) is 0 Å². The van der Waals surface area contributed by atoms with E-state index in [0.29, 0.717) is 11.6 Å². The van der Waals surface area contributed by atoms with Crippen LogP contribution in [-0.2, 0) is 16.6 Å². The summed E-state index contributed by atoms with van der Waals surface area (Å²) in [6.45, 7) is 0.152. The largest absolute Gasteiger partial charge is 0.326 e. The molecule has 10 nitrogen and oxygen atoms in total. The van der Waals surface area contributed by atoms with E-state index in [1.807, 2.05) is 0 Å². The zero-order valence-corrected chi connectivity index (χ0v) is 14.0. The lowest BCUT2D eigenvalue weighted by Crippen LogP contribution is -2.15. The molecule has 2 aromatic carbocycles. The number of nitrogens with two attached hydrogens (primary N) is 1. The highest BCUT2D eigenvalue weighted by atomic mass is 35.5. The fourth-order valence-corrected chi connectivity index (χ4v) is 3.44. The lowest BCUT2D eigenvalue weighted by molar-refractivity contribution is -0.396. The highest BCUT2D eigenvalue weighted by Crippen LogP contribution is 2.30. The molecule has 0 spiro atoms. The summed E-state index contributed by atoms with van der Waals surface area (Å²) in [5.74, 6) is 0. The van der Waals surface area contributed by atoms with Crippen LogP contribution in [0.1, 0.15) is 5.56 Å². The third kappa shape index (κ3) is 4.02. The van der Waals surface area contributed by atoms with Gasteiger partial charge in [-0.3, -0.25) is 25.0 Å². The monoisotopic (exact) mass is 386 g/mol. The van der Waals surface area contributed by atoms with Crippen molar-refractivity contribution in [3.8, 4) is 0 Å². The summed E-state index contributed by atoms with van der Waals surface area (Å²) >= 11 is 5.94. The van der Waals surface area contributed by atoms with Gasteiger partial charge in [-0.25, -0.2) is 8.42 Å². The molecule has 0 aliphatic carbocycles. The van der Waals surface area contributed by atoms with Gasteiger partial charge in [0.2, 0.25) is 0 Å². The number of halogens is 1. The van der Waals surface area contributed by atoms with Gasteiger partial charge in [-0.05, 0) is 23.8 Å². The number of nitrogens with zero attached hydrogens (tertiary/aromatic N) is 2. The minimum atomic E-state index is -4.37. The molecule has 0 saturated heterocycles. The van der Waals surface area contributed by atoms with E-state index in [4.69, 9.17) is 17.3 Å². The van der Waals surface area contributed by atoms with Crippen LogP contribution in [0.2, 0.25) is 5.02 Å². The van der Waals surface area contributed by atoms with Crippen LogP contribution >= 0.6 is 11.6 Å². The van der Waals surface area contributed by atoms with Gasteiger partial charge in [-0.15, -0.1) is 0 Å². The van der Waals surface area contributed by atoms with Crippen molar-refractivity contribution in [2.45, 2.75) is 11.4 Å². The molecule has 0 fully saturated rings. The molecule has 12 heteroatoms. The summed E-state index contributed by atoms with van der Waals surface area (Å²) in [6.07, 6.45) is 0. The fraction of sp³-hybridized carbons (Fsp3) is 0.0769. The second-order valence-electron chi connectivity index (χ2n) is 4.78. The minimum Gasteiger partial charge on any atom is -0.326 e.